The third-order valence-electron chi connectivity index (χ3n) is 16.4. The molecule has 84 heavy (non-hydrogen) atoms. The van der Waals surface area contributed by atoms with Gasteiger partial charge in [-0.3, -0.25) is 19.2 Å². The summed E-state index contributed by atoms with van der Waals surface area (Å²) in [5.74, 6) is -7.41. The first-order valence-corrected chi connectivity index (χ1v) is 29.6. The molecule has 1 aliphatic heterocycles. The first kappa shape index (κ1) is 66.4. The second-order valence-corrected chi connectivity index (χ2v) is 24.6. The number of Topliss-reactive ketones (excluding diaryl/α,β-unsaturated/α-hetero) is 1. The number of ketones is 1. The summed E-state index contributed by atoms with van der Waals surface area (Å²) in [5, 5.41) is 29.1. The Hall–Kier alpha value is -6.69. The molecule has 1 amide bonds. The van der Waals surface area contributed by atoms with Crippen LogP contribution in [-0.4, -0.2) is 118 Å². The van der Waals surface area contributed by atoms with Crippen LogP contribution in [-0.2, 0) is 57.1 Å². The highest BCUT2D eigenvalue weighted by molar-refractivity contribution is 5.96. The number of rotatable bonds is 25. The summed E-state index contributed by atoms with van der Waals surface area (Å²) in [4.78, 5) is 101. The summed E-state index contributed by atoms with van der Waals surface area (Å²) in [7, 11) is 0. The molecular formula is C67H89NO16. The predicted molar refractivity (Wildman–Crippen MR) is 316 cm³/mol. The molecule has 1 aromatic rings. The van der Waals surface area contributed by atoms with Gasteiger partial charge < -0.3 is 48.7 Å². The zero-order chi connectivity index (χ0) is 61.6. The van der Waals surface area contributed by atoms with E-state index in [2.05, 4.69) is 60.8 Å². The molecular weight excluding hydrogens is 1070 g/mol. The van der Waals surface area contributed by atoms with E-state index in [1.165, 1.54) is 25.1 Å². The lowest BCUT2D eigenvalue weighted by molar-refractivity contribution is -0.346. The fourth-order valence-electron chi connectivity index (χ4n) is 11.9. The molecule has 6 rings (SSSR count). The molecule has 17 heteroatoms. The van der Waals surface area contributed by atoms with E-state index in [0.29, 0.717) is 24.8 Å². The third kappa shape index (κ3) is 16.0. The van der Waals surface area contributed by atoms with Crippen molar-refractivity contribution in [2.45, 2.75) is 213 Å². The van der Waals surface area contributed by atoms with Gasteiger partial charge in [0, 0.05) is 31.6 Å². The van der Waals surface area contributed by atoms with Crippen LogP contribution in [0.1, 0.15) is 164 Å². The van der Waals surface area contributed by atoms with Crippen molar-refractivity contribution in [1.29, 1.82) is 0 Å². The quantitative estimate of drug-likeness (QED) is 0.0469. The van der Waals surface area contributed by atoms with Crippen molar-refractivity contribution in [3.05, 3.63) is 132 Å². The Kier molecular flexibility index (Phi) is 22.9. The maximum atomic E-state index is 16.0. The van der Waals surface area contributed by atoms with Crippen molar-refractivity contribution in [3.8, 4) is 0 Å². The van der Waals surface area contributed by atoms with Gasteiger partial charge in [-0.25, -0.2) is 14.4 Å². The number of allylic oxidation sites excluding steroid dienone is 13. The van der Waals surface area contributed by atoms with Crippen molar-refractivity contribution in [2.24, 2.45) is 22.7 Å². The molecule has 2 bridgehead atoms. The zero-order valence-corrected chi connectivity index (χ0v) is 50.9. The smallest absolute Gasteiger partial charge is 0.408 e. The topological polar surface area (TPSA) is 237 Å². The van der Waals surface area contributed by atoms with Crippen molar-refractivity contribution in [1.82, 2.24) is 5.32 Å². The number of hydrogen-bond donors (Lipinski definition) is 3. The Labute approximate surface area is 495 Å². The second kappa shape index (κ2) is 28.9. The van der Waals surface area contributed by atoms with Gasteiger partial charge in [-0.2, -0.15) is 0 Å². The molecule has 4 aliphatic carbocycles. The molecule has 4 fully saturated rings. The molecule has 0 aromatic heterocycles. The first-order chi connectivity index (χ1) is 39.7. The number of fused-ring (bicyclic) bond motifs is 5. The van der Waals surface area contributed by atoms with Gasteiger partial charge in [0.25, 0.3) is 0 Å². The van der Waals surface area contributed by atoms with Gasteiger partial charge in [0.15, 0.2) is 17.5 Å². The fourth-order valence-corrected chi connectivity index (χ4v) is 11.9. The molecule has 0 radical (unpaired) electrons. The molecule has 3 saturated carbocycles. The Morgan fingerprint density at radius 1 is 0.810 bits per heavy atom. The van der Waals surface area contributed by atoms with E-state index in [1.807, 2.05) is 24.3 Å². The van der Waals surface area contributed by atoms with Crippen molar-refractivity contribution in [3.63, 3.8) is 0 Å². The number of alkyl carbamates (subject to hydrolysis) is 1. The van der Waals surface area contributed by atoms with Crippen LogP contribution in [0.25, 0.3) is 0 Å². The van der Waals surface area contributed by atoms with Crippen LogP contribution in [0, 0.1) is 22.7 Å². The average Bonchev–Trinajstić information content (AvgIpc) is 0.720. The van der Waals surface area contributed by atoms with Gasteiger partial charge in [-0.1, -0.05) is 124 Å². The number of carbonyl (C=O) groups excluding carboxylic acids is 7. The van der Waals surface area contributed by atoms with E-state index in [1.54, 1.807) is 73.6 Å². The Morgan fingerprint density at radius 2 is 1.38 bits per heavy atom. The minimum absolute atomic E-state index is 0.00634. The Morgan fingerprint density at radius 3 is 1.89 bits per heavy atom. The number of benzene rings is 1. The van der Waals surface area contributed by atoms with E-state index in [4.69, 9.17) is 33.2 Å². The van der Waals surface area contributed by atoms with E-state index >= 15 is 9.59 Å². The highest BCUT2D eigenvalue weighted by atomic mass is 16.6. The van der Waals surface area contributed by atoms with Gasteiger partial charge in [0.1, 0.15) is 29.5 Å². The Bertz CT molecular complexity index is 2790. The molecule has 1 saturated heterocycles. The highest BCUT2D eigenvalue weighted by Gasteiger charge is 2.78. The van der Waals surface area contributed by atoms with E-state index in [9.17, 15) is 34.2 Å². The van der Waals surface area contributed by atoms with Crippen LogP contribution in [0.5, 0.6) is 0 Å². The van der Waals surface area contributed by atoms with Crippen LogP contribution >= 0.6 is 0 Å². The summed E-state index contributed by atoms with van der Waals surface area (Å²) in [5.41, 5.74) is -8.19. The first-order valence-electron chi connectivity index (χ1n) is 29.6. The van der Waals surface area contributed by atoms with Gasteiger partial charge in [0.2, 0.25) is 6.10 Å². The number of nitrogens with one attached hydrogen (secondary N) is 1. The lowest BCUT2D eigenvalue weighted by atomic mass is 9.44. The lowest BCUT2D eigenvalue weighted by Crippen LogP contribution is -2.82. The number of carbonyl (C=O) groups is 7. The van der Waals surface area contributed by atoms with Crippen LogP contribution in [0.3, 0.4) is 0 Å². The second-order valence-electron chi connectivity index (χ2n) is 24.6. The van der Waals surface area contributed by atoms with Crippen molar-refractivity contribution in [2.75, 3.05) is 6.61 Å². The fraction of sp³-hybridized carbons (Fsp3) is 0.567. The summed E-state index contributed by atoms with van der Waals surface area (Å²) in [6, 6.07) is 6.50. The number of esters is 5. The van der Waals surface area contributed by atoms with Gasteiger partial charge in [-0.05, 0) is 130 Å². The molecule has 5 aliphatic rings. The minimum atomic E-state index is -2.45. The molecule has 458 valence electrons. The summed E-state index contributed by atoms with van der Waals surface area (Å²) < 4.78 is 43.0. The minimum Gasteiger partial charge on any atom is -0.455 e. The molecule has 17 nitrogen and oxygen atoms in total. The highest BCUT2D eigenvalue weighted by Crippen LogP contribution is 2.64. The normalized spacial score (nSPS) is 28.2. The van der Waals surface area contributed by atoms with Crippen molar-refractivity contribution < 1.29 is 76.9 Å². The number of amides is 1. The molecule has 0 unspecified atom stereocenters. The van der Waals surface area contributed by atoms with Crippen LogP contribution < -0.4 is 5.32 Å². The lowest BCUT2D eigenvalue weighted by Gasteiger charge is -2.67. The van der Waals surface area contributed by atoms with E-state index in [0.717, 1.165) is 39.0 Å². The number of aliphatic hydroxyl groups is 2. The molecule has 1 aromatic carbocycles. The van der Waals surface area contributed by atoms with Gasteiger partial charge in [-0.15, -0.1) is 0 Å². The van der Waals surface area contributed by atoms with Gasteiger partial charge in [0.05, 0.1) is 41.6 Å². The van der Waals surface area contributed by atoms with Gasteiger partial charge >= 0.3 is 35.9 Å². The summed E-state index contributed by atoms with van der Waals surface area (Å²) in [6.45, 7) is 17.5. The monoisotopic (exact) mass is 1160 g/mol. The largest absolute Gasteiger partial charge is 0.455 e. The maximum Gasteiger partial charge on any atom is 0.408 e. The predicted octanol–water partition coefficient (Wildman–Crippen LogP) is 10.8. The van der Waals surface area contributed by atoms with Crippen LogP contribution in [0.2, 0.25) is 0 Å². The van der Waals surface area contributed by atoms with Crippen LogP contribution in [0.15, 0.2) is 126 Å². The number of ether oxygens (including phenoxy) is 7. The number of aliphatic hydroxyl groups excluding tert-OH is 1. The van der Waals surface area contributed by atoms with Crippen LogP contribution in [0.4, 0.5) is 4.79 Å². The van der Waals surface area contributed by atoms with Crippen molar-refractivity contribution >= 4 is 41.7 Å². The summed E-state index contributed by atoms with van der Waals surface area (Å²) >= 11 is 0. The SMILES string of the molecule is CC/C=C\C/C=C\C/C=C\C/C=C\C/C=C\C/C=C\CCC(=O)O[C@@H](C(=O)O[C@H]1C[C@@]2(O)[C@@H](OC(=O)c3ccccc3)[C@@H]3[C@]4(OC(C)=O)CO[C@@H]4C[C@H](O)[C@@]3(C)C(=O)[C@H](OC(=O)C3CC3)C(=C1C)C2(C)C)[C@H](C=C(C)C)NC(=O)OC(C)(C)C. The van der Waals surface area contributed by atoms with E-state index in [-0.39, 0.29) is 42.6 Å². The summed E-state index contributed by atoms with van der Waals surface area (Å²) in [6.07, 6.45) is 21.1. The maximum absolute atomic E-state index is 16.0. The third-order valence-corrected chi connectivity index (χ3v) is 16.4. The number of hydrogen-bond acceptors (Lipinski definition) is 16. The molecule has 11 atom stereocenters. The average molecular weight is 1160 g/mol. The van der Waals surface area contributed by atoms with E-state index < -0.39 is 130 Å². The Balaban J connectivity index is 1.33. The standard InChI is InChI=1S/C67H89NO16/c1-12-13-14-15-16-17-18-19-20-21-22-23-24-25-26-27-28-29-33-36-52(71)80-54(48(39-43(2)3)68-62(76)84-63(6,7)8)61(75)79-49-41-67(77)58(82-60(74)46-34-31-30-32-35-46)56-65(11,50(70)40-51-66(56,42-78-51)83-45(5)69)57(72)55(81-59(73)47-37-38-47)53(44(49)4)64(67,9)10/h13-14,16-17,19-20,22-23,25-26,28-32,34-35,39,47-51,54-56,58,70,77H,12,15,18,21,24,27,33,36-38,40-42H2,1-11H3,(H,68,76)/b14-13-,17-16-,20-19-,23-22-,26-25-,29-28-/t48-,49-,50-,51+,54+,55+,56-,58-,65+,66-,67+/m0/s1. The molecule has 3 N–H and O–H groups in total. The zero-order valence-electron chi connectivity index (χ0n) is 50.9. The molecule has 1 heterocycles. The molecule has 0 spiro atoms.